The molecule has 4 unspecified atom stereocenters. The van der Waals surface area contributed by atoms with E-state index < -0.39 is 0 Å². The van der Waals surface area contributed by atoms with Gasteiger partial charge in [-0.3, -0.25) is 0 Å². The summed E-state index contributed by atoms with van der Waals surface area (Å²) < 4.78 is 11.2. The van der Waals surface area contributed by atoms with Crippen molar-refractivity contribution in [2.75, 3.05) is 19.8 Å². The molecule has 3 saturated heterocycles. The highest BCUT2D eigenvalue weighted by atomic mass is 16.5. The van der Waals surface area contributed by atoms with Gasteiger partial charge in [0.25, 0.3) is 0 Å². The van der Waals surface area contributed by atoms with E-state index in [0.29, 0.717) is 18.2 Å². The Morgan fingerprint density at radius 3 is 2.86 bits per heavy atom. The third-order valence-corrected chi connectivity index (χ3v) is 3.80. The van der Waals surface area contributed by atoms with E-state index in [1.165, 1.54) is 25.7 Å². The molecule has 2 bridgehead atoms. The Hall–Kier alpha value is -0.120. The summed E-state index contributed by atoms with van der Waals surface area (Å²) in [4.78, 5) is 0. The number of hydrogen-bond acceptors (Lipinski definition) is 3. The summed E-state index contributed by atoms with van der Waals surface area (Å²) in [6.07, 6.45) is 6.10. The summed E-state index contributed by atoms with van der Waals surface area (Å²) in [5, 5.41) is 3.65. The average molecular weight is 197 g/mol. The summed E-state index contributed by atoms with van der Waals surface area (Å²) in [6.45, 7) is 3.03. The molecule has 0 amide bonds. The minimum absolute atomic E-state index is 0.516. The number of ether oxygens (including phenoxy) is 2. The fraction of sp³-hybridized carbons (Fsp3) is 1.00. The van der Waals surface area contributed by atoms with Crippen molar-refractivity contribution in [2.45, 2.75) is 43.9 Å². The Bertz CT molecular complexity index is 203. The van der Waals surface area contributed by atoms with Gasteiger partial charge in [-0.1, -0.05) is 0 Å². The van der Waals surface area contributed by atoms with Gasteiger partial charge >= 0.3 is 0 Å². The van der Waals surface area contributed by atoms with Gasteiger partial charge in [0.15, 0.2) is 0 Å². The standard InChI is InChI=1S/C11H19NO2/c1-2-11-10(5-9(1)14-11)12-6-8-3-4-13-7-8/h8-12H,1-7H2. The molecule has 0 saturated carbocycles. The first-order chi connectivity index (χ1) is 6.92. The molecular weight excluding hydrogens is 178 g/mol. The smallest absolute Gasteiger partial charge is 0.0733 e. The quantitative estimate of drug-likeness (QED) is 0.730. The van der Waals surface area contributed by atoms with Gasteiger partial charge in [-0.25, -0.2) is 0 Å². The van der Waals surface area contributed by atoms with E-state index in [0.717, 1.165) is 25.7 Å². The van der Waals surface area contributed by atoms with Crippen LogP contribution in [-0.2, 0) is 9.47 Å². The molecule has 0 spiro atoms. The Morgan fingerprint density at radius 2 is 2.21 bits per heavy atom. The molecule has 14 heavy (non-hydrogen) atoms. The molecule has 3 fully saturated rings. The molecule has 3 heterocycles. The lowest BCUT2D eigenvalue weighted by Crippen LogP contribution is -2.40. The van der Waals surface area contributed by atoms with Crippen LogP contribution in [0.2, 0.25) is 0 Å². The molecule has 3 aliphatic heterocycles. The van der Waals surface area contributed by atoms with E-state index in [2.05, 4.69) is 5.32 Å². The lowest BCUT2D eigenvalue weighted by molar-refractivity contribution is 0.0967. The molecule has 4 atom stereocenters. The molecule has 0 aliphatic carbocycles. The van der Waals surface area contributed by atoms with Gasteiger partial charge in [0.1, 0.15) is 0 Å². The lowest BCUT2D eigenvalue weighted by Gasteiger charge is -2.21. The highest BCUT2D eigenvalue weighted by molar-refractivity contribution is 4.94. The third kappa shape index (κ3) is 1.69. The van der Waals surface area contributed by atoms with Crippen molar-refractivity contribution in [3.05, 3.63) is 0 Å². The van der Waals surface area contributed by atoms with Crippen LogP contribution in [0.4, 0.5) is 0 Å². The van der Waals surface area contributed by atoms with Gasteiger partial charge < -0.3 is 14.8 Å². The fourth-order valence-corrected chi connectivity index (χ4v) is 2.92. The Balaban J connectivity index is 1.44. The lowest BCUT2D eigenvalue weighted by atomic mass is 9.95. The van der Waals surface area contributed by atoms with E-state index >= 15 is 0 Å². The van der Waals surface area contributed by atoms with E-state index in [4.69, 9.17) is 9.47 Å². The van der Waals surface area contributed by atoms with Gasteiger partial charge in [0, 0.05) is 19.2 Å². The highest BCUT2D eigenvalue weighted by Gasteiger charge is 2.40. The first-order valence-corrected chi connectivity index (χ1v) is 5.88. The second-order valence-electron chi connectivity index (χ2n) is 4.85. The summed E-state index contributed by atoms with van der Waals surface area (Å²) in [5.41, 5.74) is 0. The highest BCUT2D eigenvalue weighted by Crippen LogP contribution is 2.34. The van der Waals surface area contributed by atoms with Crippen molar-refractivity contribution in [3.63, 3.8) is 0 Å². The molecular formula is C11H19NO2. The Labute approximate surface area is 85.1 Å². The maximum atomic E-state index is 5.81. The van der Waals surface area contributed by atoms with Crippen LogP contribution in [0.1, 0.15) is 25.7 Å². The molecule has 0 radical (unpaired) electrons. The van der Waals surface area contributed by atoms with Crippen molar-refractivity contribution < 1.29 is 9.47 Å². The second kappa shape index (κ2) is 3.80. The SMILES string of the molecule is C1CC(CNC2CC3CCC2O3)CO1. The summed E-state index contributed by atoms with van der Waals surface area (Å²) >= 11 is 0. The second-order valence-corrected chi connectivity index (χ2v) is 4.85. The van der Waals surface area contributed by atoms with Gasteiger partial charge in [-0.2, -0.15) is 0 Å². The van der Waals surface area contributed by atoms with Crippen molar-refractivity contribution in [1.82, 2.24) is 5.32 Å². The van der Waals surface area contributed by atoms with Crippen LogP contribution in [0.5, 0.6) is 0 Å². The van der Waals surface area contributed by atoms with Crippen LogP contribution in [0.3, 0.4) is 0 Å². The van der Waals surface area contributed by atoms with Crippen LogP contribution in [0.15, 0.2) is 0 Å². The number of hydrogen-bond donors (Lipinski definition) is 1. The number of nitrogens with one attached hydrogen (secondary N) is 1. The van der Waals surface area contributed by atoms with Crippen molar-refractivity contribution >= 4 is 0 Å². The maximum Gasteiger partial charge on any atom is 0.0733 e. The van der Waals surface area contributed by atoms with Crippen LogP contribution >= 0.6 is 0 Å². The zero-order valence-electron chi connectivity index (χ0n) is 8.58. The molecule has 3 nitrogen and oxygen atoms in total. The average Bonchev–Trinajstić information content (AvgIpc) is 2.91. The molecule has 3 rings (SSSR count). The molecule has 3 aliphatic rings. The largest absolute Gasteiger partial charge is 0.381 e. The van der Waals surface area contributed by atoms with Crippen molar-refractivity contribution in [1.29, 1.82) is 0 Å². The van der Waals surface area contributed by atoms with E-state index in [1.807, 2.05) is 0 Å². The first-order valence-electron chi connectivity index (χ1n) is 5.88. The van der Waals surface area contributed by atoms with Gasteiger partial charge in [0.2, 0.25) is 0 Å². The summed E-state index contributed by atoms with van der Waals surface area (Å²) in [6, 6.07) is 0.634. The molecule has 3 heteroatoms. The summed E-state index contributed by atoms with van der Waals surface area (Å²) in [7, 11) is 0. The zero-order chi connectivity index (χ0) is 9.38. The molecule has 0 aromatic carbocycles. The predicted molar refractivity (Wildman–Crippen MR) is 53.2 cm³/mol. The first kappa shape index (κ1) is 9.13. The van der Waals surface area contributed by atoms with Gasteiger partial charge in [-0.05, 0) is 31.6 Å². The molecule has 0 aromatic rings. The Morgan fingerprint density at radius 1 is 1.21 bits per heavy atom. The number of fused-ring (bicyclic) bond motifs is 2. The van der Waals surface area contributed by atoms with Crippen LogP contribution in [0, 0.1) is 5.92 Å². The fourth-order valence-electron chi connectivity index (χ4n) is 2.92. The van der Waals surface area contributed by atoms with Crippen LogP contribution in [-0.4, -0.2) is 38.0 Å². The van der Waals surface area contributed by atoms with E-state index in [-0.39, 0.29) is 0 Å². The van der Waals surface area contributed by atoms with Gasteiger partial charge in [0.05, 0.1) is 18.8 Å². The van der Waals surface area contributed by atoms with Crippen LogP contribution in [0.25, 0.3) is 0 Å². The Kier molecular flexibility index (Phi) is 2.48. The zero-order valence-corrected chi connectivity index (χ0v) is 8.58. The topological polar surface area (TPSA) is 30.5 Å². The van der Waals surface area contributed by atoms with Crippen LogP contribution < -0.4 is 5.32 Å². The predicted octanol–water partition coefficient (Wildman–Crippen LogP) is 0.932. The van der Waals surface area contributed by atoms with E-state index in [1.54, 1.807) is 0 Å². The molecule has 80 valence electrons. The number of rotatable bonds is 3. The van der Waals surface area contributed by atoms with E-state index in [9.17, 15) is 0 Å². The maximum absolute atomic E-state index is 5.81. The minimum atomic E-state index is 0.516. The van der Waals surface area contributed by atoms with Crippen molar-refractivity contribution in [2.24, 2.45) is 5.92 Å². The third-order valence-electron chi connectivity index (χ3n) is 3.80. The minimum Gasteiger partial charge on any atom is -0.381 e. The monoisotopic (exact) mass is 197 g/mol. The van der Waals surface area contributed by atoms with Gasteiger partial charge in [-0.15, -0.1) is 0 Å². The normalized spacial score (nSPS) is 46.3. The molecule has 0 aromatic heterocycles. The van der Waals surface area contributed by atoms with Crippen molar-refractivity contribution in [3.8, 4) is 0 Å². The summed E-state index contributed by atoms with van der Waals surface area (Å²) in [5.74, 6) is 0.745. The molecule has 1 N–H and O–H groups in total.